The number of benzene rings is 1. The highest BCUT2D eigenvalue weighted by molar-refractivity contribution is 5.96. The molecule has 0 saturated heterocycles. The van der Waals surface area contributed by atoms with Gasteiger partial charge in [0.2, 0.25) is 0 Å². The Labute approximate surface area is 99.0 Å². The average Bonchev–Trinajstić information content (AvgIpc) is 2.28. The zero-order valence-electron chi connectivity index (χ0n) is 8.92. The topological polar surface area (TPSA) is 37.3 Å². The summed E-state index contributed by atoms with van der Waals surface area (Å²) in [5.41, 5.74) is -0.0328. The van der Waals surface area contributed by atoms with Gasteiger partial charge in [-0.3, -0.25) is 4.79 Å². The number of carbonyl (C=O) groups excluding carboxylic acids is 1. The number of hydrogen-bond donors (Lipinski definition) is 1. The van der Waals surface area contributed by atoms with Gasteiger partial charge in [0.05, 0.1) is 0 Å². The third-order valence-electron chi connectivity index (χ3n) is 2.27. The fourth-order valence-corrected chi connectivity index (χ4v) is 1.23. The van der Waals surface area contributed by atoms with Gasteiger partial charge in [-0.2, -0.15) is 22.0 Å². The predicted octanol–water partition coefficient (Wildman–Crippen LogP) is 2.82. The average molecular weight is 268 g/mol. The van der Waals surface area contributed by atoms with Crippen LogP contribution in [0, 0.1) is 0 Å². The van der Waals surface area contributed by atoms with Gasteiger partial charge in [-0.1, -0.05) is 30.3 Å². The summed E-state index contributed by atoms with van der Waals surface area (Å²) in [5, 5.41) is 8.85. The van der Waals surface area contributed by atoms with Crippen LogP contribution in [-0.2, 0) is 0 Å². The van der Waals surface area contributed by atoms with Crippen LogP contribution in [0.4, 0.5) is 22.0 Å². The lowest BCUT2D eigenvalue weighted by Crippen LogP contribution is -2.47. The highest BCUT2D eigenvalue weighted by Gasteiger charge is 2.62. The van der Waals surface area contributed by atoms with Crippen LogP contribution >= 0.6 is 0 Å². The first-order valence-corrected chi connectivity index (χ1v) is 4.87. The standard InChI is InChI=1S/C11H9F5O2/c12-10(13,11(14,15)16)9(18)6-8(17)7-4-2-1-3-5-7/h1-5,9,18H,6H2. The molecule has 1 unspecified atom stereocenters. The number of ketones is 1. The number of Topliss-reactive ketones (excluding diaryl/α,β-unsaturated/α-hetero) is 1. The van der Waals surface area contributed by atoms with Crippen molar-refractivity contribution in [2.45, 2.75) is 24.6 Å². The molecule has 0 aromatic heterocycles. The molecule has 0 aliphatic carbocycles. The van der Waals surface area contributed by atoms with Crippen molar-refractivity contribution in [1.29, 1.82) is 0 Å². The highest BCUT2D eigenvalue weighted by atomic mass is 19.4. The molecule has 0 spiro atoms. The SMILES string of the molecule is O=C(CC(O)C(F)(F)C(F)(F)F)c1ccccc1. The second-order valence-corrected chi connectivity index (χ2v) is 3.63. The largest absolute Gasteiger partial charge is 0.456 e. The van der Waals surface area contributed by atoms with E-state index in [1.807, 2.05) is 0 Å². The van der Waals surface area contributed by atoms with Crippen LogP contribution in [0.15, 0.2) is 30.3 Å². The number of aliphatic hydroxyl groups is 1. The van der Waals surface area contributed by atoms with E-state index in [-0.39, 0.29) is 5.56 Å². The molecule has 1 aromatic carbocycles. The van der Waals surface area contributed by atoms with Gasteiger partial charge in [0, 0.05) is 12.0 Å². The number of hydrogen-bond acceptors (Lipinski definition) is 2. The van der Waals surface area contributed by atoms with E-state index in [1.54, 1.807) is 6.07 Å². The van der Waals surface area contributed by atoms with Crippen LogP contribution in [0.3, 0.4) is 0 Å². The lowest BCUT2D eigenvalue weighted by atomic mass is 10.0. The zero-order valence-corrected chi connectivity index (χ0v) is 8.92. The molecule has 1 atom stereocenters. The maximum absolute atomic E-state index is 12.7. The molecule has 0 saturated carbocycles. The lowest BCUT2D eigenvalue weighted by molar-refractivity contribution is -0.311. The predicted molar refractivity (Wildman–Crippen MR) is 52.4 cm³/mol. The van der Waals surface area contributed by atoms with E-state index in [9.17, 15) is 26.7 Å². The van der Waals surface area contributed by atoms with Crippen molar-refractivity contribution in [3.8, 4) is 0 Å². The van der Waals surface area contributed by atoms with Crippen molar-refractivity contribution in [1.82, 2.24) is 0 Å². The van der Waals surface area contributed by atoms with Gasteiger partial charge in [0.15, 0.2) is 5.78 Å². The van der Waals surface area contributed by atoms with Gasteiger partial charge in [0.1, 0.15) is 6.10 Å². The molecule has 0 aliphatic heterocycles. The first-order chi connectivity index (χ1) is 8.16. The van der Waals surface area contributed by atoms with Gasteiger partial charge in [0.25, 0.3) is 0 Å². The van der Waals surface area contributed by atoms with Crippen molar-refractivity contribution in [3.63, 3.8) is 0 Å². The molecular formula is C11H9F5O2. The van der Waals surface area contributed by atoms with E-state index in [2.05, 4.69) is 0 Å². The van der Waals surface area contributed by atoms with Gasteiger partial charge in [-0.05, 0) is 0 Å². The monoisotopic (exact) mass is 268 g/mol. The van der Waals surface area contributed by atoms with Crippen molar-refractivity contribution in [2.24, 2.45) is 0 Å². The molecule has 0 radical (unpaired) electrons. The van der Waals surface area contributed by atoms with Crippen LogP contribution < -0.4 is 0 Å². The van der Waals surface area contributed by atoms with Crippen LogP contribution in [0.5, 0.6) is 0 Å². The number of aliphatic hydroxyl groups excluding tert-OH is 1. The van der Waals surface area contributed by atoms with E-state index >= 15 is 0 Å². The Morgan fingerprint density at radius 1 is 1.11 bits per heavy atom. The maximum Gasteiger partial charge on any atom is 0.456 e. The number of halogens is 5. The maximum atomic E-state index is 12.7. The van der Waals surface area contributed by atoms with E-state index in [0.29, 0.717) is 0 Å². The summed E-state index contributed by atoms with van der Waals surface area (Å²) in [4.78, 5) is 11.4. The smallest absolute Gasteiger partial charge is 0.386 e. The number of rotatable bonds is 4. The summed E-state index contributed by atoms with van der Waals surface area (Å²) >= 11 is 0. The molecule has 1 aromatic rings. The Morgan fingerprint density at radius 3 is 2.06 bits per heavy atom. The van der Waals surface area contributed by atoms with Crippen LogP contribution in [0.25, 0.3) is 0 Å². The van der Waals surface area contributed by atoms with Crippen molar-refractivity contribution in [3.05, 3.63) is 35.9 Å². The Bertz CT molecular complexity index is 413. The van der Waals surface area contributed by atoms with Crippen molar-refractivity contribution in [2.75, 3.05) is 0 Å². The van der Waals surface area contributed by atoms with Crippen LogP contribution in [0.1, 0.15) is 16.8 Å². The fourth-order valence-electron chi connectivity index (χ4n) is 1.23. The summed E-state index contributed by atoms with van der Waals surface area (Å²) in [6, 6.07) is 6.95. The minimum absolute atomic E-state index is 0.0328. The number of carbonyl (C=O) groups is 1. The van der Waals surface area contributed by atoms with Crippen molar-refractivity contribution < 1.29 is 31.9 Å². The van der Waals surface area contributed by atoms with E-state index < -0.39 is 30.4 Å². The molecular weight excluding hydrogens is 259 g/mol. The second kappa shape index (κ2) is 5.01. The molecule has 0 fully saturated rings. The van der Waals surface area contributed by atoms with Crippen LogP contribution in [0.2, 0.25) is 0 Å². The van der Waals surface area contributed by atoms with Crippen LogP contribution in [-0.4, -0.2) is 29.1 Å². The third kappa shape index (κ3) is 3.04. The molecule has 1 N–H and O–H groups in total. The van der Waals surface area contributed by atoms with Crippen molar-refractivity contribution >= 4 is 5.78 Å². The fraction of sp³-hybridized carbons (Fsp3) is 0.364. The van der Waals surface area contributed by atoms with E-state index in [0.717, 1.165) is 0 Å². The molecule has 7 heteroatoms. The number of alkyl halides is 5. The van der Waals surface area contributed by atoms with Gasteiger partial charge >= 0.3 is 12.1 Å². The quantitative estimate of drug-likeness (QED) is 0.673. The summed E-state index contributed by atoms with van der Waals surface area (Å²) in [6.45, 7) is 0. The second-order valence-electron chi connectivity index (χ2n) is 3.63. The third-order valence-corrected chi connectivity index (χ3v) is 2.27. The summed E-state index contributed by atoms with van der Waals surface area (Å²) in [6.07, 6.45) is -10.3. The normalized spacial score (nSPS) is 14.3. The Hall–Kier alpha value is -1.50. The summed E-state index contributed by atoms with van der Waals surface area (Å²) < 4.78 is 61.1. The minimum atomic E-state index is -5.89. The molecule has 0 amide bonds. The van der Waals surface area contributed by atoms with Gasteiger partial charge in [-0.25, -0.2) is 0 Å². The summed E-state index contributed by atoms with van der Waals surface area (Å²) in [7, 11) is 0. The zero-order chi connectivity index (χ0) is 14.0. The van der Waals surface area contributed by atoms with Gasteiger partial charge in [-0.15, -0.1) is 0 Å². The Morgan fingerprint density at radius 2 is 1.61 bits per heavy atom. The molecule has 18 heavy (non-hydrogen) atoms. The van der Waals surface area contributed by atoms with Gasteiger partial charge < -0.3 is 5.11 Å². The Kier molecular flexibility index (Phi) is 4.05. The lowest BCUT2D eigenvalue weighted by Gasteiger charge is -2.24. The van der Waals surface area contributed by atoms with E-state index in [4.69, 9.17) is 5.11 Å². The molecule has 2 nitrogen and oxygen atoms in total. The first-order valence-electron chi connectivity index (χ1n) is 4.87. The Balaban J connectivity index is 2.77. The molecule has 100 valence electrons. The minimum Gasteiger partial charge on any atom is -0.386 e. The molecule has 0 bridgehead atoms. The van der Waals surface area contributed by atoms with E-state index in [1.165, 1.54) is 24.3 Å². The molecule has 0 aliphatic rings. The molecule has 0 heterocycles. The molecule has 1 rings (SSSR count). The highest BCUT2D eigenvalue weighted by Crippen LogP contribution is 2.39. The summed E-state index contributed by atoms with van der Waals surface area (Å²) in [5.74, 6) is -6.29. The first kappa shape index (κ1) is 14.6.